The number of nitrogens with zero attached hydrogens (tertiary/aromatic N) is 2. The smallest absolute Gasteiger partial charge is 0.269 e. The number of rotatable bonds is 4. The van der Waals surface area contributed by atoms with Gasteiger partial charge in [0.1, 0.15) is 0 Å². The van der Waals surface area contributed by atoms with Crippen LogP contribution in [-0.4, -0.2) is 29.5 Å². The van der Waals surface area contributed by atoms with Crippen LogP contribution in [0.3, 0.4) is 0 Å². The molecule has 1 aliphatic heterocycles. The van der Waals surface area contributed by atoms with Crippen LogP contribution >= 0.6 is 24.0 Å². The quantitative estimate of drug-likeness (QED) is 0.684. The van der Waals surface area contributed by atoms with E-state index in [0.717, 1.165) is 25.1 Å². The SMILES string of the molecule is CC1(CN)CCN(Cc2cc([N+](=O)[O-])ccc2Cl)C1.Cl. The molecule has 7 heteroatoms. The number of non-ortho nitro benzene ring substituents is 1. The number of hydrogen-bond acceptors (Lipinski definition) is 4. The first-order valence-corrected chi connectivity index (χ1v) is 6.66. The molecule has 1 heterocycles. The molecule has 2 N–H and O–H groups in total. The molecule has 0 aromatic heterocycles. The Balaban J connectivity index is 0.00000200. The van der Waals surface area contributed by atoms with Gasteiger partial charge in [-0.2, -0.15) is 0 Å². The molecular weight excluding hydrogens is 301 g/mol. The van der Waals surface area contributed by atoms with Gasteiger partial charge in [0.05, 0.1) is 4.92 Å². The minimum atomic E-state index is -0.395. The van der Waals surface area contributed by atoms with E-state index in [-0.39, 0.29) is 23.5 Å². The monoisotopic (exact) mass is 319 g/mol. The van der Waals surface area contributed by atoms with Gasteiger partial charge in [-0.3, -0.25) is 15.0 Å². The van der Waals surface area contributed by atoms with Gasteiger partial charge in [-0.05, 0) is 36.6 Å². The molecule has 1 unspecified atom stereocenters. The van der Waals surface area contributed by atoms with E-state index in [0.29, 0.717) is 18.1 Å². The Morgan fingerprint density at radius 3 is 2.80 bits per heavy atom. The molecule has 0 amide bonds. The molecule has 20 heavy (non-hydrogen) atoms. The summed E-state index contributed by atoms with van der Waals surface area (Å²) >= 11 is 6.11. The molecule has 112 valence electrons. The number of nitro benzene ring substituents is 1. The van der Waals surface area contributed by atoms with E-state index in [1.165, 1.54) is 6.07 Å². The van der Waals surface area contributed by atoms with E-state index >= 15 is 0 Å². The van der Waals surface area contributed by atoms with Gasteiger partial charge < -0.3 is 5.73 Å². The second-order valence-electron chi connectivity index (χ2n) is 5.51. The highest BCUT2D eigenvalue weighted by molar-refractivity contribution is 6.31. The molecule has 0 aliphatic carbocycles. The standard InChI is InChI=1S/C13H18ClN3O2.ClH/c1-13(8-15)4-5-16(9-13)7-10-6-11(17(18)19)2-3-12(10)14;/h2-3,6H,4-5,7-9,15H2,1H3;1H. The lowest BCUT2D eigenvalue weighted by atomic mass is 9.90. The molecule has 0 radical (unpaired) electrons. The molecule has 1 fully saturated rings. The molecule has 1 aromatic rings. The van der Waals surface area contributed by atoms with Gasteiger partial charge in [0.2, 0.25) is 0 Å². The zero-order valence-corrected chi connectivity index (χ0v) is 12.9. The zero-order valence-electron chi connectivity index (χ0n) is 11.3. The van der Waals surface area contributed by atoms with Crippen molar-refractivity contribution >= 4 is 29.7 Å². The van der Waals surface area contributed by atoms with Crippen molar-refractivity contribution in [2.75, 3.05) is 19.6 Å². The van der Waals surface area contributed by atoms with Crippen LogP contribution in [0.4, 0.5) is 5.69 Å². The number of halogens is 2. The molecule has 1 aromatic carbocycles. The van der Waals surface area contributed by atoms with Gasteiger partial charge in [0.25, 0.3) is 5.69 Å². The number of benzene rings is 1. The van der Waals surface area contributed by atoms with Crippen LogP contribution in [0.2, 0.25) is 5.02 Å². The zero-order chi connectivity index (χ0) is 14.0. The fourth-order valence-corrected chi connectivity index (χ4v) is 2.64. The second-order valence-corrected chi connectivity index (χ2v) is 5.92. The highest BCUT2D eigenvalue weighted by atomic mass is 35.5. The Hall–Kier alpha value is -0.880. The lowest BCUT2D eigenvalue weighted by Crippen LogP contribution is -2.31. The topological polar surface area (TPSA) is 72.4 Å². The lowest BCUT2D eigenvalue weighted by molar-refractivity contribution is -0.384. The van der Waals surface area contributed by atoms with E-state index in [1.54, 1.807) is 12.1 Å². The Bertz CT molecular complexity index is 499. The van der Waals surface area contributed by atoms with E-state index in [2.05, 4.69) is 11.8 Å². The van der Waals surface area contributed by atoms with Crippen molar-refractivity contribution in [1.82, 2.24) is 4.90 Å². The maximum absolute atomic E-state index is 10.8. The Morgan fingerprint density at radius 2 is 2.25 bits per heavy atom. The molecular formula is C13H19Cl2N3O2. The normalized spacial score (nSPS) is 22.6. The number of nitro groups is 1. The van der Waals surface area contributed by atoms with Crippen LogP contribution in [0, 0.1) is 15.5 Å². The maximum Gasteiger partial charge on any atom is 0.269 e. The Kier molecular flexibility index (Phi) is 5.77. The number of hydrogen-bond donors (Lipinski definition) is 1. The minimum Gasteiger partial charge on any atom is -0.330 e. The third kappa shape index (κ3) is 3.82. The molecule has 5 nitrogen and oxygen atoms in total. The first-order valence-electron chi connectivity index (χ1n) is 6.29. The average molecular weight is 320 g/mol. The van der Waals surface area contributed by atoms with Crippen molar-refractivity contribution in [2.45, 2.75) is 19.9 Å². The third-order valence-corrected chi connectivity index (χ3v) is 4.13. The van der Waals surface area contributed by atoms with Gasteiger partial charge in [0.15, 0.2) is 0 Å². The fraction of sp³-hybridized carbons (Fsp3) is 0.538. The van der Waals surface area contributed by atoms with Crippen molar-refractivity contribution in [2.24, 2.45) is 11.1 Å². The number of likely N-dealkylation sites (tertiary alicyclic amines) is 1. The van der Waals surface area contributed by atoms with E-state index in [1.807, 2.05) is 0 Å². The summed E-state index contributed by atoms with van der Waals surface area (Å²) < 4.78 is 0. The molecule has 2 rings (SSSR count). The predicted molar refractivity (Wildman–Crippen MR) is 82.4 cm³/mol. The minimum absolute atomic E-state index is 0. The lowest BCUT2D eigenvalue weighted by Gasteiger charge is -2.22. The van der Waals surface area contributed by atoms with Crippen molar-refractivity contribution < 1.29 is 4.92 Å². The highest BCUT2D eigenvalue weighted by Crippen LogP contribution is 2.31. The van der Waals surface area contributed by atoms with Crippen molar-refractivity contribution in [3.63, 3.8) is 0 Å². The van der Waals surface area contributed by atoms with Gasteiger partial charge >= 0.3 is 0 Å². The van der Waals surface area contributed by atoms with Gasteiger partial charge in [-0.1, -0.05) is 18.5 Å². The van der Waals surface area contributed by atoms with Crippen LogP contribution in [0.5, 0.6) is 0 Å². The summed E-state index contributed by atoms with van der Waals surface area (Å²) in [7, 11) is 0. The first-order chi connectivity index (χ1) is 8.93. The van der Waals surface area contributed by atoms with E-state index in [4.69, 9.17) is 17.3 Å². The summed E-state index contributed by atoms with van der Waals surface area (Å²) in [5, 5.41) is 11.4. The summed E-state index contributed by atoms with van der Waals surface area (Å²) in [6, 6.07) is 4.58. The maximum atomic E-state index is 10.8. The molecule has 0 bridgehead atoms. The second kappa shape index (κ2) is 6.72. The molecule has 1 saturated heterocycles. The first kappa shape index (κ1) is 17.2. The Morgan fingerprint density at radius 1 is 1.55 bits per heavy atom. The van der Waals surface area contributed by atoms with E-state index < -0.39 is 4.92 Å². The highest BCUT2D eigenvalue weighted by Gasteiger charge is 2.32. The summed E-state index contributed by atoms with van der Waals surface area (Å²) in [4.78, 5) is 12.6. The number of nitrogens with two attached hydrogens (primary N) is 1. The molecule has 0 saturated carbocycles. The molecule has 1 aliphatic rings. The van der Waals surface area contributed by atoms with Crippen LogP contribution in [0.1, 0.15) is 18.9 Å². The average Bonchev–Trinajstić information content (AvgIpc) is 2.74. The van der Waals surface area contributed by atoms with Crippen molar-refractivity contribution in [3.8, 4) is 0 Å². The summed E-state index contributed by atoms with van der Waals surface area (Å²) in [6.45, 7) is 5.32. The van der Waals surface area contributed by atoms with Crippen molar-refractivity contribution in [1.29, 1.82) is 0 Å². The summed E-state index contributed by atoms with van der Waals surface area (Å²) in [5.74, 6) is 0. The predicted octanol–water partition coefficient (Wildman–Crippen LogP) is 2.84. The largest absolute Gasteiger partial charge is 0.330 e. The summed E-state index contributed by atoms with van der Waals surface area (Å²) in [5.41, 5.74) is 6.81. The van der Waals surface area contributed by atoms with Gasteiger partial charge in [-0.25, -0.2) is 0 Å². The van der Waals surface area contributed by atoms with Crippen LogP contribution < -0.4 is 5.73 Å². The summed E-state index contributed by atoms with van der Waals surface area (Å²) in [6.07, 6.45) is 1.05. The Labute approximate surface area is 129 Å². The van der Waals surface area contributed by atoms with Crippen molar-refractivity contribution in [3.05, 3.63) is 38.9 Å². The van der Waals surface area contributed by atoms with Crippen LogP contribution in [0.25, 0.3) is 0 Å². The van der Waals surface area contributed by atoms with Crippen LogP contribution in [0.15, 0.2) is 18.2 Å². The van der Waals surface area contributed by atoms with Gasteiger partial charge in [0, 0.05) is 30.2 Å². The van der Waals surface area contributed by atoms with Gasteiger partial charge in [-0.15, -0.1) is 12.4 Å². The molecule has 1 atom stereocenters. The fourth-order valence-electron chi connectivity index (χ4n) is 2.46. The molecule has 0 spiro atoms. The van der Waals surface area contributed by atoms with Crippen LogP contribution in [-0.2, 0) is 6.54 Å². The van der Waals surface area contributed by atoms with E-state index in [9.17, 15) is 10.1 Å². The third-order valence-electron chi connectivity index (χ3n) is 3.76.